The highest BCUT2D eigenvalue weighted by Gasteiger charge is 2.25. The summed E-state index contributed by atoms with van der Waals surface area (Å²) in [6.07, 6.45) is 0. The van der Waals surface area contributed by atoms with Gasteiger partial charge in [-0.3, -0.25) is 9.11 Å². The Morgan fingerprint density at radius 2 is 1.10 bits per heavy atom. The molecule has 0 unspecified atom stereocenters. The molecule has 22 heteroatoms. The number of ether oxygens (including phenoxy) is 2. The summed E-state index contributed by atoms with van der Waals surface area (Å²) < 4.78 is 78.7. The summed E-state index contributed by atoms with van der Waals surface area (Å²) in [6.45, 7) is 1.46. The highest BCUT2D eigenvalue weighted by atomic mass is 32.2. The lowest BCUT2D eigenvalue weighted by Crippen LogP contribution is -2.02. The molecule has 10 N–H and O–H groups in total. The Balaban J connectivity index is 1.27. The normalized spacial score (nSPS) is 12.6. The maximum absolute atomic E-state index is 12.4. The van der Waals surface area contributed by atoms with Crippen LogP contribution in [0.1, 0.15) is 6.92 Å². The van der Waals surface area contributed by atoms with E-state index in [1.54, 1.807) is 54.6 Å². The first-order chi connectivity index (χ1) is 28.4. The number of azo groups is 3. The van der Waals surface area contributed by atoms with E-state index in [-0.39, 0.29) is 50.9 Å². The number of hydrogen-bond donors (Lipinski definition) is 7. The number of phenolic OH excluding ortho intramolecular Hbond substituents is 1. The molecule has 0 aliphatic rings. The number of benzene rings is 6. The van der Waals surface area contributed by atoms with Gasteiger partial charge in [0.15, 0.2) is 11.6 Å². The van der Waals surface area contributed by atoms with Crippen molar-refractivity contribution >= 4 is 93.8 Å². The summed E-state index contributed by atoms with van der Waals surface area (Å²) in [5.41, 5.74) is 21.0. The van der Waals surface area contributed by atoms with Gasteiger partial charge in [0.2, 0.25) is 0 Å². The smallest absolute Gasteiger partial charge is 0.296 e. The first-order valence-corrected chi connectivity index (χ1v) is 19.9. The highest BCUT2D eigenvalue weighted by molar-refractivity contribution is 7.86. The lowest BCUT2D eigenvalue weighted by Gasteiger charge is -2.12. The number of hydrogen-bond acceptors (Lipinski definition) is 17. The average Bonchev–Trinajstić information content (AvgIpc) is 3.19. The number of aliphatic imine (C=N–C) groups is 1. The maximum atomic E-state index is 12.4. The molecule has 6 aromatic rings. The predicted octanol–water partition coefficient (Wildman–Crippen LogP) is 9.32. The average molecular weight is 855 g/mol. The van der Waals surface area contributed by atoms with Gasteiger partial charge in [0.05, 0.1) is 41.9 Å². The molecule has 20 nitrogen and oxygen atoms in total. The second-order valence-corrected chi connectivity index (χ2v) is 15.5. The SMILES string of the molecule is COc1cc(-c2ccc(N=Nc3c(S(=O)(=O)O)cc4cc(S(=O)(=O)O)cc(N)c4c3O)c(OC)c2)ccc1N=Nc1cc(N=Nc2ccc(N=C(C)O)cc2)c(N)cc1N. The van der Waals surface area contributed by atoms with E-state index in [9.17, 15) is 36.2 Å². The fraction of sp³-hybridized carbons (Fsp3) is 0.0789. The Kier molecular flexibility index (Phi) is 11.7. The zero-order valence-corrected chi connectivity index (χ0v) is 33.2. The highest BCUT2D eigenvalue weighted by Crippen LogP contribution is 2.45. The largest absolute Gasteiger partial charge is 0.505 e. The van der Waals surface area contributed by atoms with E-state index in [2.05, 4.69) is 35.7 Å². The van der Waals surface area contributed by atoms with Gasteiger partial charge >= 0.3 is 0 Å². The minimum atomic E-state index is -5.08. The Labute approximate surface area is 341 Å². The molecule has 0 aliphatic carbocycles. The van der Waals surface area contributed by atoms with Gasteiger partial charge in [0.1, 0.15) is 44.8 Å². The monoisotopic (exact) mass is 854 g/mol. The molecule has 6 rings (SSSR count). The summed E-state index contributed by atoms with van der Waals surface area (Å²) in [6, 6.07) is 22.1. The van der Waals surface area contributed by atoms with Gasteiger partial charge in [-0.1, -0.05) is 12.1 Å². The molecule has 0 heterocycles. The first kappa shape index (κ1) is 42.1. The third-order valence-corrected chi connectivity index (χ3v) is 10.2. The minimum Gasteiger partial charge on any atom is -0.505 e. The molecule has 0 atom stereocenters. The number of methoxy groups -OCH3 is 2. The topological polar surface area (TPSA) is 332 Å². The zero-order chi connectivity index (χ0) is 43.5. The molecular weight excluding hydrogens is 821 g/mol. The van der Waals surface area contributed by atoms with Crippen molar-refractivity contribution in [1.82, 2.24) is 0 Å². The molecule has 0 aliphatic heterocycles. The quantitative estimate of drug-likeness (QED) is 0.0198. The number of nitrogens with two attached hydrogens (primary N) is 3. The van der Waals surface area contributed by atoms with Crippen LogP contribution in [0.25, 0.3) is 21.9 Å². The third-order valence-electron chi connectivity index (χ3n) is 8.54. The Morgan fingerprint density at radius 3 is 1.62 bits per heavy atom. The van der Waals surface area contributed by atoms with Crippen molar-refractivity contribution in [3.63, 3.8) is 0 Å². The van der Waals surface area contributed by atoms with Crippen LogP contribution in [-0.4, -0.2) is 56.3 Å². The molecule has 0 aromatic heterocycles. The van der Waals surface area contributed by atoms with E-state index >= 15 is 0 Å². The maximum Gasteiger partial charge on any atom is 0.296 e. The van der Waals surface area contributed by atoms with Crippen molar-refractivity contribution in [2.24, 2.45) is 35.7 Å². The number of phenols is 1. The van der Waals surface area contributed by atoms with Crippen molar-refractivity contribution in [1.29, 1.82) is 0 Å². The van der Waals surface area contributed by atoms with Crippen LogP contribution in [-0.2, 0) is 20.2 Å². The molecule has 0 amide bonds. The van der Waals surface area contributed by atoms with Gasteiger partial charge in [0.25, 0.3) is 20.2 Å². The second kappa shape index (κ2) is 16.8. The molecule has 0 saturated carbocycles. The molecule has 0 bridgehead atoms. The summed E-state index contributed by atoms with van der Waals surface area (Å²) in [5.74, 6) is -0.408. The van der Waals surface area contributed by atoms with Crippen molar-refractivity contribution in [3.05, 3.63) is 91.0 Å². The molecule has 0 radical (unpaired) electrons. The number of aromatic hydroxyl groups is 1. The van der Waals surface area contributed by atoms with Crippen LogP contribution in [0, 0.1) is 0 Å². The molecule has 0 fully saturated rings. The standard InChI is InChI=1S/C38H34N10O10S2/c1-19(49)42-23-6-8-24(9-7-23)43-46-31-18-32(27(40)17-26(31)39)47-44-29-10-4-20(13-33(29)57-2)21-5-11-30(34(14-21)58-3)45-48-37-35(60(54,55)56)15-22-12-25(59(51,52)53)16-28(41)36(22)38(37)50/h4-18,50H,39-41H2,1-3H3,(H,42,49)(H,51,52,53)(H,54,55,56). The molecule has 60 heavy (non-hydrogen) atoms. The number of aliphatic hydroxyl groups is 1. The summed E-state index contributed by atoms with van der Waals surface area (Å²) >= 11 is 0. The van der Waals surface area contributed by atoms with E-state index in [0.717, 1.165) is 18.2 Å². The number of rotatable bonds is 12. The number of aliphatic hydroxyl groups excluding tert-OH is 1. The van der Waals surface area contributed by atoms with E-state index in [1.165, 1.54) is 39.3 Å². The Morgan fingerprint density at radius 1 is 0.583 bits per heavy atom. The van der Waals surface area contributed by atoms with E-state index in [0.29, 0.717) is 39.6 Å². The Hall–Kier alpha value is -7.53. The van der Waals surface area contributed by atoms with Gasteiger partial charge in [-0.25, -0.2) is 4.99 Å². The molecule has 0 spiro atoms. The van der Waals surface area contributed by atoms with E-state index < -0.39 is 41.5 Å². The predicted molar refractivity (Wildman–Crippen MR) is 224 cm³/mol. The Bertz CT molecular complexity index is 3030. The van der Waals surface area contributed by atoms with Crippen molar-refractivity contribution in [2.75, 3.05) is 31.4 Å². The summed E-state index contributed by atoms with van der Waals surface area (Å²) in [5, 5.41) is 45.0. The van der Waals surface area contributed by atoms with Crippen LogP contribution in [0.2, 0.25) is 0 Å². The molecule has 6 aromatic carbocycles. The van der Waals surface area contributed by atoms with Gasteiger partial charge in [0, 0.05) is 18.0 Å². The molecule has 308 valence electrons. The lowest BCUT2D eigenvalue weighted by atomic mass is 10.0. The first-order valence-electron chi connectivity index (χ1n) is 17.1. The van der Waals surface area contributed by atoms with Crippen molar-refractivity contribution < 1.29 is 45.6 Å². The van der Waals surface area contributed by atoms with Gasteiger partial charge in [-0.15, -0.1) is 25.6 Å². The number of nitrogens with zero attached hydrogens (tertiary/aromatic N) is 7. The van der Waals surface area contributed by atoms with E-state index in [4.69, 9.17) is 26.7 Å². The van der Waals surface area contributed by atoms with Crippen LogP contribution in [0.4, 0.5) is 56.9 Å². The lowest BCUT2D eigenvalue weighted by molar-refractivity contribution is 0.415. The van der Waals surface area contributed by atoms with Crippen LogP contribution in [0.5, 0.6) is 17.2 Å². The number of fused-ring (bicyclic) bond motifs is 1. The summed E-state index contributed by atoms with van der Waals surface area (Å²) in [7, 11) is -7.03. The van der Waals surface area contributed by atoms with Gasteiger partial charge in [-0.2, -0.15) is 21.9 Å². The van der Waals surface area contributed by atoms with Gasteiger partial charge < -0.3 is 36.9 Å². The second-order valence-electron chi connectivity index (χ2n) is 12.7. The third kappa shape index (κ3) is 9.26. The van der Waals surface area contributed by atoms with Gasteiger partial charge in [-0.05, 0) is 95.4 Å². The minimum absolute atomic E-state index is 0.0762. The van der Waals surface area contributed by atoms with E-state index in [1.807, 2.05) is 0 Å². The molecular formula is C38H34N10O10S2. The van der Waals surface area contributed by atoms with Crippen LogP contribution in [0.15, 0.2) is 136 Å². The van der Waals surface area contributed by atoms with Crippen LogP contribution >= 0.6 is 0 Å². The number of nitrogen functional groups attached to an aromatic ring is 3. The fourth-order valence-corrected chi connectivity index (χ4v) is 6.91. The summed E-state index contributed by atoms with van der Waals surface area (Å²) in [4.78, 5) is 2.37. The zero-order valence-electron chi connectivity index (χ0n) is 31.6. The van der Waals surface area contributed by atoms with Crippen LogP contribution in [0.3, 0.4) is 0 Å². The number of anilines is 3. The van der Waals surface area contributed by atoms with Crippen LogP contribution < -0.4 is 26.7 Å². The fourth-order valence-electron chi connectivity index (χ4n) is 5.70. The van der Waals surface area contributed by atoms with Crippen molar-refractivity contribution in [2.45, 2.75) is 16.7 Å². The van der Waals surface area contributed by atoms with Crippen molar-refractivity contribution in [3.8, 4) is 28.4 Å². The molecule has 0 saturated heterocycles.